The molecule has 17 heavy (non-hydrogen) atoms. The van der Waals surface area contributed by atoms with Gasteiger partial charge in [-0.05, 0) is 11.5 Å². The van der Waals surface area contributed by atoms with Gasteiger partial charge < -0.3 is 0 Å². The van der Waals surface area contributed by atoms with Crippen molar-refractivity contribution in [2.75, 3.05) is 0 Å². The van der Waals surface area contributed by atoms with Gasteiger partial charge >= 0.3 is 0 Å². The molecule has 0 fully saturated rings. The zero-order valence-electron chi connectivity index (χ0n) is 8.91. The molecule has 0 spiro atoms. The molecule has 0 aliphatic rings. The van der Waals surface area contributed by atoms with E-state index in [4.69, 9.17) is 5.26 Å². The summed E-state index contributed by atoms with van der Waals surface area (Å²) in [5.74, 6) is 0. The summed E-state index contributed by atoms with van der Waals surface area (Å²) in [6.07, 6.45) is 1.46. The van der Waals surface area contributed by atoms with Gasteiger partial charge in [-0.2, -0.15) is 5.26 Å². The van der Waals surface area contributed by atoms with Gasteiger partial charge in [-0.15, -0.1) is 5.10 Å². The molecule has 0 saturated carbocycles. The Morgan fingerprint density at radius 1 is 1.06 bits per heavy atom. The lowest BCUT2D eigenvalue weighted by molar-refractivity contribution is 0.800. The van der Waals surface area contributed by atoms with Gasteiger partial charge in [0.25, 0.3) is 0 Å². The minimum absolute atomic E-state index is 0.432. The first-order valence-electron chi connectivity index (χ1n) is 5.19. The molecule has 80 valence electrons. The Kier molecular flexibility index (Phi) is 2.09. The molecular weight excluding hydrogens is 212 g/mol. The van der Waals surface area contributed by atoms with Gasteiger partial charge in [0.15, 0.2) is 5.69 Å². The Bertz CT molecular complexity index is 716. The number of aromatic nitrogens is 3. The zero-order valence-corrected chi connectivity index (χ0v) is 8.91. The van der Waals surface area contributed by atoms with E-state index in [1.807, 2.05) is 42.5 Å². The molecular formula is C13H8N4. The van der Waals surface area contributed by atoms with Crippen LogP contribution in [0.5, 0.6) is 0 Å². The van der Waals surface area contributed by atoms with Crippen LogP contribution in [0.4, 0.5) is 0 Å². The second kappa shape index (κ2) is 3.72. The van der Waals surface area contributed by atoms with Crippen molar-refractivity contribution >= 4 is 10.8 Å². The number of benzene rings is 2. The van der Waals surface area contributed by atoms with Crippen LogP contribution in [-0.2, 0) is 0 Å². The molecule has 3 rings (SSSR count). The van der Waals surface area contributed by atoms with Crippen molar-refractivity contribution in [3.8, 4) is 11.8 Å². The molecule has 0 amide bonds. The predicted octanol–water partition coefficient (Wildman–Crippen LogP) is 2.29. The first-order chi connectivity index (χ1) is 8.40. The van der Waals surface area contributed by atoms with Crippen molar-refractivity contribution in [1.29, 1.82) is 5.26 Å². The van der Waals surface area contributed by atoms with E-state index in [-0.39, 0.29) is 0 Å². The van der Waals surface area contributed by atoms with Gasteiger partial charge in [0, 0.05) is 5.39 Å². The topological polar surface area (TPSA) is 54.5 Å². The van der Waals surface area contributed by atoms with E-state index in [2.05, 4.69) is 16.4 Å². The summed E-state index contributed by atoms with van der Waals surface area (Å²) in [6.45, 7) is 0. The molecule has 0 aliphatic carbocycles. The van der Waals surface area contributed by atoms with Crippen molar-refractivity contribution in [1.82, 2.24) is 15.0 Å². The van der Waals surface area contributed by atoms with Crippen LogP contribution in [-0.4, -0.2) is 15.0 Å². The quantitative estimate of drug-likeness (QED) is 0.632. The SMILES string of the molecule is N#Cc1cnnn1-c1cccc2ccccc12. The van der Waals surface area contributed by atoms with Gasteiger partial charge in [-0.3, -0.25) is 0 Å². The summed E-state index contributed by atoms with van der Waals surface area (Å²) in [4.78, 5) is 0. The first kappa shape index (κ1) is 9.55. The summed E-state index contributed by atoms with van der Waals surface area (Å²) in [5.41, 5.74) is 1.30. The fourth-order valence-corrected chi connectivity index (χ4v) is 1.88. The highest BCUT2D eigenvalue weighted by atomic mass is 15.4. The second-order valence-electron chi connectivity index (χ2n) is 3.64. The van der Waals surface area contributed by atoms with Gasteiger partial charge in [0.2, 0.25) is 0 Å². The van der Waals surface area contributed by atoms with Crippen LogP contribution in [0, 0.1) is 11.3 Å². The third kappa shape index (κ3) is 1.45. The van der Waals surface area contributed by atoms with Crippen molar-refractivity contribution in [2.24, 2.45) is 0 Å². The lowest BCUT2D eigenvalue weighted by Gasteiger charge is -2.06. The maximum absolute atomic E-state index is 8.99. The number of hydrogen-bond donors (Lipinski definition) is 0. The van der Waals surface area contributed by atoms with Crippen LogP contribution >= 0.6 is 0 Å². The Labute approximate surface area is 97.7 Å². The summed E-state index contributed by atoms with van der Waals surface area (Å²) in [7, 11) is 0. The van der Waals surface area contributed by atoms with E-state index in [0.717, 1.165) is 16.5 Å². The Balaban J connectivity index is 2.35. The zero-order chi connectivity index (χ0) is 11.7. The van der Waals surface area contributed by atoms with E-state index < -0.39 is 0 Å². The lowest BCUT2D eigenvalue weighted by Crippen LogP contribution is -2.00. The third-order valence-corrected chi connectivity index (χ3v) is 2.66. The molecule has 0 bridgehead atoms. The normalized spacial score (nSPS) is 10.3. The smallest absolute Gasteiger partial charge is 0.164 e. The van der Waals surface area contributed by atoms with Crippen LogP contribution < -0.4 is 0 Å². The van der Waals surface area contributed by atoms with Gasteiger partial charge in [0.05, 0.1) is 11.9 Å². The Morgan fingerprint density at radius 2 is 1.88 bits per heavy atom. The Hall–Kier alpha value is -2.67. The molecule has 1 aromatic heterocycles. The molecule has 4 heteroatoms. The number of hydrogen-bond acceptors (Lipinski definition) is 3. The molecule has 0 aliphatic heterocycles. The average Bonchev–Trinajstić information content (AvgIpc) is 2.86. The van der Waals surface area contributed by atoms with Crippen LogP contribution in [0.3, 0.4) is 0 Å². The minimum Gasteiger partial charge on any atom is -0.202 e. The van der Waals surface area contributed by atoms with Gasteiger partial charge in [-0.25, -0.2) is 4.68 Å². The van der Waals surface area contributed by atoms with Gasteiger partial charge in [0.1, 0.15) is 6.07 Å². The third-order valence-electron chi connectivity index (χ3n) is 2.66. The van der Waals surface area contributed by atoms with Crippen LogP contribution in [0.15, 0.2) is 48.7 Å². The average molecular weight is 220 g/mol. The van der Waals surface area contributed by atoms with Crippen molar-refractivity contribution in [3.05, 3.63) is 54.4 Å². The number of rotatable bonds is 1. The highest BCUT2D eigenvalue weighted by Gasteiger charge is 2.08. The molecule has 0 radical (unpaired) electrons. The number of nitriles is 1. The predicted molar refractivity (Wildman–Crippen MR) is 63.6 cm³/mol. The van der Waals surface area contributed by atoms with Crippen molar-refractivity contribution in [3.63, 3.8) is 0 Å². The molecule has 0 atom stereocenters. The first-order valence-corrected chi connectivity index (χ1v) is 5.19. The molecule has 0 N–H and O–H groups in total. The maximum atomic E-state index is 8.99. The summed E-state index contributed by atoms with van der Waals surface area (Å²) in [6, 6.07) is 16.0. The molecule has 0 saturated heterocycles. The standard InChI is InChI=1S/C13H8N4/c14-8-11-9-15-16-17(11)13-7-3-5-10-4-1-2-6-12(10)13/h1-7,9H. The highest BCUT2D eigenvalue weighted by molar-refractivity contribution is 5.90. The van der Waals surface area contributed by atoms with Gasteiger partial charge in [-0.1, -0.05) is 41.6 Å². The van der Waals surface area contributed by atoms with Crippen molar-refractivity contribution < 1.29 is 0 Å². The second-order valence-corrected chi connectivity index (χ2v) is 3.64. The monoisotopic (exact) mass is 220 g/mol. The number of fused-ring (bicyclic) bond motifs is 1. The fraction of sp³-hybridized carbons (Fsp3) is 0. The Morgan fingerprint density at radius 3 is 2.76 bits per heavy atom. The van der Waals surface area contributed by atoms with Crippen LogP contribution in [0.1, 0.15) is 5.69 Å². The largest absolute Gasteiger partial charge is 0.202 e. The lowest BCUT2D eigenvalue weighted by atomic mass is 10.1. The van der Waals surface area contributed by atoms with E-state index in [9.17, 15) is 0 Å². The molecule has 2 aromatic carbocycles. The molecule has 1 heterocycles. The van der Waals surface area contributed by atoms with E-state index in [0.29, 0.717) is 5.69 Å². The van der Waals surface area contributed by atoms with E-state index >= 15 is 0 Å². The number of nitrogens with zero attached hydrogens (tertiary/aromatic N) is 4. The fourth-order valence-electron chi connectivity index (χ4n) is 1.88. The summed E-state index contributed by atoms with van der Waals surface area (Å²) in [5, 5.41) is 18.9. The molecule has 0 unspecified atom stereocenters. The summed E-state index contributed by atoms with van der Waals surface area (Å²) < 4.78 is 1.56. The van der Waals surface area contributed by atoms with E-state index in [1.54, 1.807) is 4.68 Å². The molecule has 3 aromatic rings. The summed E-state index contributed by atoms with van der Waals surface area (Å²) >= 11 is 0. The van der Waals surface area contributed by atoms with Crippen LogP contribution in [0.25, 0.3) is 16.5 Å². The minimum atomic E-state index is 0.432. The molecule has 4 nitrogen and oxygen atoms in total. The maximum Gasteiger partial charge on any atom is 0.164 e. The van der Waals surface area contributed by atoms with Crippen molar-refractivity contribution in [2.45, 2.75) is 0 Å². The van der Waals surface area contributed by atoms with Crippen LogP contribution in [0.2, 0.25) is 0 Å². The highest BCUT2D eigenvalue weighted by Crippen LogP contribution is 2.22. The van der Waals surface area contributed by atoms with E-state index in [1.165, 1.54) is 6.20 Å².